The van der Waals surface area contributed by atoms with Gasteiger partial charge in [0.1, 0.15) is 5.82 Å². The SMILES string of the molecule is CN1C(=O)N(C#N)CC1c1cc(Br)ccc1F. The van der Waals surface area contributed by atoms with Crippen molar-refractivity contribution in [3.63, 3.8) is 0 Å². The van der Waals surface area contributed by atoms with Gasteiger partial charge in [0, 0.05) is 17.1 Å². The molecule has 1 aromatic carbocycles. The first-order chi connectivity index (χ1) is 8.04. The summed E-state index contributed by atoms with van der Waals surface area (Å²) in [5.74, 6) is -0.377. The number of benzene rings is 1. The Morgan fingerprint density at radius 1 is 1.59 bits per heavy atom. The smallest absolute Gasteiger partial charge is 0.318 e. The molecule has 2 amide bonds. The molecule has 0 bridgehead atoms. The summed E-state index contributed by atoms with van der Waals surface area (Å²) in [5.41, 5.74) is 0.410. The summed E-state index contributed by atoms with van der Waals surface area (Å²) in [5, 5.41) is 8.77. The molecule has 0 spiro atoms. The molecular formula is C11H9BrFN3O. The first-order valence-electron chi connectivity index (χ1n) is 4.93. The number of likely N-dealkylation sites (N-methyl/N-ethyl adjacent to an activating group) is 1. The van der Waals surface area contributed by atoms with Gasteiger partial charge in [0.05, 0.1) is 12.6 Å². The van der Waals surface area contributed by atoms with E-state index in [9.17, 15) is 9.18 Å². The standard InChI is InChI=1S/C11H9BrFN3O/c1-15-10(5-16(6-14)11(15)17)8-4-7(12)2-3-9(8)13/h2-4,10H,5H2,1H3. The van der Waals surface area contributed by atoms with Crippen LogP contribution in [0, 0.1) is 17.3 Å². The van der Waals surface area contributed by atoms with Crippen molar-refractivity contribution in [1.29, 1.82) is 5.26 Å². The van der Waals surface area contributed by atoms with E-state index in [-0.39, 0.29) is 12.4 Å². The van der Waals surface area contributed by atoms with Gasteiger partial charge in [0.15, 0.2) is 6.19 Å². The van der Waals surface area contributed by atoms with Crippen molar-refractivity contribution in [2.75, 3.05) is 13.6 Å². The fraction of sp³-hybridized carbons (Fsp3) is 0.273. The van der Waals surface area contributed by atoms with Crippen LogP contribution >= 0.6 is 15.9 Å². The Labute approximate surface area is 106 Å². The monoisotopic (exact) mass is 297 g/mol. The van der Waals surface area contributed by atoms with E-state index < -0.39 is 12.1 Å². The van der Waals surface area contributed by atoms with Crippen molar-refractivity contribution in [2.45, 2.75) is 6.04 Å². The maximum absolute atomic E-state index is 13.7. The van der Waals surface area contributed by atoms with E-state index in [1.807, 2.05) is 0 Å². The predicted octanol–water partition coefficient (Wildman–Crippen LogP) is 2.48. The van der Waals surface area contributed by atoms with Crippen LogP contribution in [0.4, 0.5) is 9.18 Å². The van der Waals surface area contributed by atoms with E-state index >= 15 is 0 Å². The Morgan fingerprint density at radius 2 is 2.29 bits per heavy atom. The molecule has 6 heteroatoms. The Hall–Kier alpha value is -1.61. The molecule has 1 heterocycles. The fourth-order valence-corrected chi connectivity index (χ4v) is 2.24. The highest BCUT2D eigenvalue weighted by Crippen LogP contribution is 2.30. The Morgan fingerprint density at radius 3 is 2.88 bits per heavy atom. The van der Waals surface area contributed by atoms with E-state index in [0.717, 1.165) is 9.37 Å². The van der Waals surface area contributed by atoms with Crippen molar-refractivity contribution in [3.8, 4) is 6.19 Å². The second-order valence-corrected chi connectivity index (χ2v) is 4.70. The van der Waals surface area contributed by atoms with E-state index in [4.69, 9.17) is 5.26 Å². The van der Waals surface area contributed by atoms with Gasteiger partial charge in [-0.15, -0.1) is 0 Å². The molecule has 17 heavy (non-hydrogen) atoms. The summed E-state index contributed by atoms with van der Waals surface area (Å²) in [4.78, 5) is 14.0. The van der Waals surface area contributed by atoms with Crippen LogP contribution in [-0.4, -0.2) is 29.4 Å². The number of carbonyl (C=O) groups excluding carboxylic acids is 1. The van der Waals surface area contributed by atoms with Gasteiger partial charge in [0.2, 0.25) is 0 Å². The maximum atomic E-state index is 13.7. The van der Waals surface area contributed by atoms with Gasteiger partial charge in [0.25, 0.3) is 0 Å². The lowest BCUT2D eigenvalue weighted by atomic mass is 10.1. The molecule has 88 valence electrons. The van der Waals surface area contributed by atoms with Crippen LogP contribution in [0.3, 0.4) is 0 Å². The number of rotatable bonds is 1. The molecule has 2 rings (SSSR count). The molecule has 0 aromatic heterocycles. The topological polar surface area (TPSA) is 47.3 Å². The zero-order chi connectivity index (χ0) is 12.6. The molecule has 0 saturated carbocycles. The van der Waals surface area contributed by atoms with Crippen LogP contribution in [0.2, 0.25) is 0 Å². The number of urea groups is 1. The maximum Gasteiger partial charge on any atom is 0.333 e. The highest BCUT2D eigenvalue weighted by molar-refractivity contribution is 9.10. The summed E-state index contributed by atoms with van der Waals surface area (Å²) >= 11 is 3.26. The summed E-state index contributed by atoms with van der Waals surface area (Å²) in [6.07, 6.45) is 1.79. The molecular weight excluding hydrogens is 289 g/mol. The summed E-state index contributed by atoms with van der Waals surface area (Å²) < 4.78 is 14.4. The quantitative estimate of drug-likeness (QED) is 0.748. The van der Waals surface area contributed by atoms with Crippen LogP contribution in [0.5, 0.6) is 0 Å². The van der Waals surface area contributed by atoms with E-state index in [0.29, 0.717) is 5.56 Å². The van der Waals surface area contributed by atoms with Gasteiger partial charge >= 0.3 is 6.03 Å². The first kappa shape index (κ1) is 11.9. The Bertz CT molecular complexity index is 514. The predicted molar refractivity (Wildman–Crippen MR) is 62.3 cm³/mol. The molecule has 0 N–H and O–H groups in total. The van der Waals surface area contributed by atoms with Crippen LogP contribution < -0.4 is 0 Å². The molecule has 4 nitrogen and oxygen atoms in total. The van der Waals surface area contributed by atoms with Gasteiger partial charge in [-0.05, 0) is 18.2 Å². The molecule has 0 radical (unpaired) electrons. The second-order valence-electron chi connectivity index (χ2n) is 3.79. The molecule has 1 saturated heterocycles. The molecule has 1 aromatic rings. The third kappa shape index (κ3) is 1.98. The largest absolute Gasteiger partial charge is 0.333 e. The van der Waals surface area contributed by atoms with Crippen LogP contribution in [0.15, 0.2) is 22.7 Å². The fourth-order valence-electron chi connectivity index (χ4n) is 1.86. The van der Waals surface area contributed by atoms with Gasteiger partial charge in [-0.1, -0.05) is 15.9 Å². The summed E-state index contributed by atoms with van der Waals surface area (Å²) in [6, 6.07) is 3.73. The lowest BCUT2D eigenvalue weighted by Gasteiger charge is -2.18. The van der Waals surface area contributed by atoms with Crippen molar-refractivity contribution < 1.29 is 9.18 Å². The van der Waals surface area contributed by atoms with Crippen LogP contribution in [0.1, 0.15) is 11.6 Å². The highest BCUT2D eigenvalue weighted by Gasteiger charge is 2.37. The third-order valence-corrected chi connectivity index (χ3v) is 3.29. The van der Waals surface area contributed by atoms with Gasteiger partial charge in [-0.2, -0.15) is 5.26 Å². The van der Waals surface area contributed by atoms with Crippen molar-refractivity contribution in [2.24, 2.45) is 0 Å². The third-order valence-electron chi connectivity index (χ3n) is 2.79. The highest BCUT2D eigenvalue weighted by atomic mass is 79.9. The molecule has 1 unspecified atom stereocenters. The van der Waals surface area contributed by atoms with E-state index in [1.165, 1.54) is 11.0 Å². The van der Waals surface area contributed by atoms with Gasteiger partial charge in [-0.3, -0.25) is 0 Å². The molecule has 1 aliphatic heterocycles. The Kier molecular flexibility index (Phi) is 3.03. The number of amides is 2. The summed E-state index contributed by atoms with van der Waals surface area (Å²) in [6.45, 7) is 0.180. The van der Waals surface area contributed by atoms with Gasteiger partial charge < -0.3 is 4.90 Å². The minimum atomic E-state index is -0.431. The zero-order valence-electron chi connectivity index (χ0n) is 9.02. The van der Waals surface area contributed by atoms with Gasteiger partial charge in [-0.25, -0.2) is 14.1 Å². The molecule has 1 aliphatic rings. The second kappa shape index (κ2) is 4.34. The normalized spacial score (nSPS) is 19.6. The van der Waals surface area contributed by atoms with Crippen molar-refractivity contribution in [1.82, 2.24) is 9.80 Å². The molecule has 1 fully saturated rings. The number of carbonyl (C=O) groups is 1. The Balaban J connectivity index is 2.39. The number of halogens is 2. The lowest BCUT2D eigenvalue weighted by molar-refractivity contribution is 0.205. The number of hydrogen-bond acceptors (Lipinski definition) is 2. The van der Waals surface area contributed by atoms with E-state index in [2.05, 4.69) is 15.9 Å². The summed E-state index contributed by atoms with van der Waals surface area (Å²) in [7, 11) is 1.56. The zero-order valence-corrected chi connectivity index (χ0v) is 10.6. The average molecular weight is 298 g/mol. The number of nitriles is 1. The number of hydrogen-bond donors (Lipinski definition) is 0. The lowest BCUT2D eigenvalue weighted by Crippen LogP contribution is -2.26. The molecule has 0 aliphatic carbocycles. The van der Waals surface area contributed by atoms with Crippen molar-refractivity contribution in [3.05, 3.63) is 34.1 Å². The van der Waals surface area contributed by atoms with Crippen molar-refractivity contribution >= 4 is 22.0 Å². The minimum Gasteiger partial charge on any atom is -0.318 e. The first-order valence-corrected chi connectivity index (χ1v) is 5.73. The van der Waals surface area contributed by atoms with Crippen LogP contribution in [-0.2, 0) is 0 Å². The average Bonchev–Trinajstić information content (AvgIpc) is 2.59. The molecule has 1 atom stereocenters. The van der Waals surface area contributed by atoms with Crippen LogP contribution in [0.25, 0.3) is 0 Å². The minimum absolute atomic E-state index is 0.180. The number of nitrogens with zero attached hydrogens (tertiary/aromatic N) is 3. The van der Waals surface area contributed by atoms with E-state index in [1.54, 1.807) is 25.4 Å².